The molecule has 0 saturated carbocycles. The van der Waals surface area contributed by atoms with E-state index in [0.717, 1.165) is 22.5 Å². The van der Waals surface area contributed by atoms with E-state index in [1.165, 1.54) is 25.9 Å². The Bertz CT molecular complexity index is 686. The smallest absolute Gasteiger partial charge is 0.177 e. The van der Waals surface area contributed by atoms with Gasteiger partial charge in [-0.05, 0) is 57.8 Å². The fourth-order valence-electron chi connectivity index (χ4n) is 4.17. The molecule has 5 heteroatoms. The molecule has 3 aliphatic heterocycles. The van der Waals surface area contributed by atoms with Crippen molar-refractivity contribution in [2.24, 2.45) is 5.92 Å². The lowest BCUT2D eigenvalue weighted by atomic mass is 9.72. The summed E-state index contributed by atoms with van der Waals surface area (Å²) in [6, 6.07) is 6.26. The lowest BCUT2D eigenvalue weighted by molar-refractivity contribution is -0.0189. The quantitative estimate of drug-likeness (QED) is 0.944. The summed E-state index contributed by atoms with van der Waals surface area (Å²) in [5.41, 5.74) is 0.916. The van der Waals surface area contributed by atoms with Crippen LogP contribution in [0, 0.1) is 5.92 Å². The summed E-state index contributed by atoms with van der Waals surface area (Å²) in [5, 5.41) is 8.95. The largest absolute Gasteiger partial charge is 0.497 e. The van der Waals surface area contributed by atoms with Gasteiger partial charge in [0.05, 0.1) is 12.5 Å². The highest BCUT2D eigenvalue weighted by Gasteiger charge is 2.47. The van der Waals surface area contributed by atoms with Crippen molar-refractivity contribution in [2.75, 3.05) is 25.5 Å². The van der Waals surface area contributed by atoms with Crippen molar-refractivity contribution in [1.82, 2.24) is 10.1 Å². The van der Waals surface area contributed by atoms with E-state index in [2.05, 4.69) is 29.2 Å². The van der Waals surface area contributed by atoms with E-state index < -0.39 is 0 Å². The van der Waals surface area contributed by atoms with Gasteiger partial charge in [0.1, 0.15) is 5.75 Å². The van der Waals surface area contributed by atoms with E-state index in [1.54, 1.807) is 7.11 Å². The van der Waals surface area contributed by atoms with E-state index in [1.807, 2.05) is 18.2 Å². The zero-order chi connectivity index (χ0) is 15.3. The second kappa shape index (κ2) is 4.88. The Labute approximate surface area is 130 Å². The second-order valence-electron chi connectivity index (χ2n) is 6.99. The van der Waals surface area contributed by atoms with Crippen molar-refractivity contribution in [1.29, 1.82) is 0 Å². The van der Waals surface area contributed by atoms with Crippen LogP contribution in [0.3, 0.4) is 0 Å². The van der Waals surface area contributed by atoms with Crippen LogP contribution in [-0.4, -0.2) is 41.8 Å². The monoisotopic (exact) mass is 301 g/mol. The molecule has 0 radical (unpaired) electrons. The molecule has 3 saturated heterocycles. The van der Waals surface area contributed by atoms with Crippen LogP contribution in [0.2, 0.25) is 0 Å². The van der Waals surface area contributed by atoms with Crippen molar-refractivity contribution < 1.29 is 9.26 Å². The van der Waals surface area contributed by atoms with Crippen LogP contribution in [0.5, 0.6) is 5.75 Å². The highest BCUT2D eigenvalue weighted by Crippen LogP contribution is 2.41. The number of benzene rings is 1. The summed E-state index contributed by atoms with van der Waals surface area (Å²) in [7, 11) is 1.66. The minimum Gasteiger partial charge on any atom is -0.497 e. The third kappa shape index (κ3) is 1.99. The van der Waals surface area contributed by atoms with Crippen LogP contribution in [0.4, 0.5) is 5.82 Å². The first-order chi connectivity index (χ1) is 10.6. The minimum atomic E-state index is 0.152. The van der Waals surface area contributed by atoms with E-state index in [0.29, 0.717) is 12.0 Å². The minimum absolute atomic E-state index is 0.152. The van der Waals surface area contributed by atoms with Crippen molar-refractivity contribution in [2.45, 2.75) is 38.3 Å². The average molecular weight is 301 g/mol. The van der Waals surface area contributed by atoms with Crippen LogP contribution in [0.15, 0.2) is 22.7 Å². The lowest BCUT2D eigenvalue weighted by Crippen LogP contribution is -2.66. The van der Waals surface area contributed by atoms with Gasteiger partial charge in [0, 0.05) is 17.6 Å². The number of hydrogen-bond donors (Lipinski definition) is 1. The van der Waals surface area contributed by atoms with Gasteiger partial charge in [-0.3, -0.25) is 4.90 Å². The van der Waals surface area contributed by atoms with Gasteiger partial charge in [0.25, 0.3) is 0 Å². The molecule has 0 spiro atoms. The number of piperidine rings is 3. The van der Waals surface area contributed by atoms with Gasteiger partial charge in [-0.25, -0.2) is 0 Å². The zero-order valence-electron chi connectivity index (χ0n) is 13.4. The molecule has 22 heavy (non-hydrogen) atoms. The number of fused-ring (bicyclic) bond motifs is 4. The van der Waals surface area contributed by atoms with E-state index in [4.69, 9.17) is 9.26 Å². The highest BCUT2D eigenvalue weighted by atomic mass is 16.5. The summed E-state index contributed by atoms with van der Waals surface area (Å²) in [6.45, 7) is 7.10. The van der Waals surface area contributed by atoms with Gasteiger partial charge in [0.2, 0.25) is 0 Å². The van der Waals surface area contributed by atoms with Gasteiger partial charge in [-0.15, -0.1) is 0 Å². The number of hydrogen-bond acceptors (Lipinski definition) is 5. The van der Waals surface area contributed by atoms with Gasteiger partial charge in [0.15, 0.2) is 11.4 Å². The first kappa shape index (κ1) is 13.9. The molecular weight excluding hydrogens is 278 g/mol. The number of nitrogens with zero attached hydrogens (tertiary/aromatic N) is 2. The molecule has 1 aromatic heterocycles. The Morgan fingerprint density at radius 3 is 2.77 bits per heavy atom. The average Bonchev–Trinajstić information content (AvgIpc) is 2.93. The molecule has 4 heterocycles. The Morgan fingerprint density at radius 1 is 1.32 bits per heavy atom. The number of ether oxygens (including phenoxy) is 1. The van der Waals surface area contributed by atoms with Crippen LogP contribution in [0.25, 0.3) is 11.0 Å². The molecule has 0 unspecified atom stereocenters. The number of anilines is 1. The topological polar surface area (TPSA) is 50.5 Å². The molecule has 1 aromatic carbocycles. The van der Waals surface area contributed by atoms with Crippen LogP contribution >= 0.6 is 0 Å². The normalized spacial score (nSPS) is 29.7. The first-order valence-corrected chi connectivity index (χ1v) is 8.04. The molecular formula is C17H23N3O2. The molecule has 3 aliphatic rings. The fraction of sp³-hybridized carbons (Fsp3) is 0.588. The Kier molecular flexibility index (Phi) is 3.08. The predicted molar refractivity (Wildman–Crippen MR) is 86.3 cm³/mol. The molecule has 0 amide bonds. The van der Waals surface area contributed by atoms with Gasteiger partial charge < -0.3 is 14.6 Å². The molecule has 5 nitrogen and oxygen atoms in total. The fourth-order valence-corrected chi connectivity index (χ4v) is 4.17. The molecule has 2 bridgehead atoms. The van der Waals surface area contributed by atoms with Crippen molar-refractivity contribution in [3.8, 4) is 5.75 Å². The Balaban J connectivity index is 1.66. The van der Waals surface area contributed by atoms with Crippen molar-refractivity contribution >= 4 is 16.8 Å². The maximum absolute atomic E-state index is 5.48. The molecule has 1 N–H and O–H groups in total. The molecule has 3 fully saturated rings. The summed E-state index contributed by atoms with van der Waals surface area (Å²) in [6.07, 6.45) is 2.54. The molecule has 2 aromatic rings. The maximum atomic E-state index is 5.48. The van der Waals surface area contributed by atoms with E-state index in [-0.39, 0.29) is 5.54 Å². The Morgan fingerprint density at radius 2 is 2.09 bits per heavy atom. The van der Waals surface area contributed by atoms with Crippen LogP contribution in [-0.2, 0) is 0 Å². The number of methoxy groups -OCH3 is 1. The third-order valence-corrected chi connectivity index (χ3v) is 5.56. The van der Waals surface area contributed by atoms with Crippen molar-refractivity contribution in [3.05, 3.63) is 18.2 Å². The van der Waals surface area contributed by atoms with E-state index >= 15 is 0 Å². The summed E-state index contributed by atoms with van der Waals surface area (Å²) in [4.78, 5) is 2.59. The first-order valence-electron chi connectivity index (χ1n) is 8.04. The standard InChI is InChI=1S/C17H23N3O2/c1-17(2)15(11-6-8-20(17)9-7-11)18-16-13-5-4-12(21-3)10-14(13)22-19-16/h4-5,10-11,15H,6-9H2,1-3H3,(H,18,19)/t15-/m1/s1. The molecule has 118 valence electrons. The maximum Gasteiger partial charge on any atom is 0.177 e. The van der Waals surface area contributed by atoms with Gasteiger partial charge in [-0.2, -0.15) is 0 Å². The highest BCUT2D eigenvalue weighted by molar-refractivity contribution is 5.89. The number of aromatic nitrogens is 1. The lowest BCUT2D eigenvalue weighted by Gasteiger charge is -2.56. The molecule has 0 aliphatic carbocycles. The Hall–Kier alpha value is -1.75. The zero-order valence-corrected chi connectivity index (χ0v) is 13.4. The molecule has 1 atom stereocenters. The number of rotatable bonds is 3. The van der Waals surface area contributed by atoms with Crippen LogP contribution in [0.1, 0.15) is 26.7 Å². The summed E-state index contributed by atoms with van der Waals surface area (Å²) in [5.74, 6) is 2.35. The summed E-state index contributed by atoms with van der Waals surface area (Å²) >= 11 is 0. The molecule has 5 rings (SSSR count). The third-order valence-electron chi connectivity index (χ3n) is 5.56. The van der Waals surface area contributed by atoms with Gasteiger partial charge in [-0.1, -0.05) is 5.16 Å². The predicted octanol–water partition coefficient (Wildman–Crippen LogP) is 3.12. The second-order valence-corrected chi connectivity index (χ2v) is 6.99. The summed E-state index contributed by atoms with van der Waals surface area (Å²) < 4.78 is 10.7. The van der Waals surface area contributed by atoms with Crippen LogP contribution < -0.4 is 10.1 Å². The SMILES string of the molecule is COc1ccc2c(N[C@@H]3C4CCN(CC4)C3(C)C)noc2c1. The van der Waals surface area contributed by atoms with Crippen molar-refractivity contribution in [3.63, 3.8) is 0 Å². The van der Waals surface area contributed by atoms with Gasteiger partial charge >= 0.3 is 0 Å². The van der Waals surface area contributed by atoms with E-state index in [9.17, 15) is 0 Å². The number of nitrogens with one attached hydrogen (secondary N) is 1.